The summed E-state index contributed by atoms with van der Waals surface area (Å²) in [6.45, 7) is 0.734. The van der Waals surface area contributed by atoms with Crippen molar-refractivity contribution in [2.75, 3.05) is 24.2 Å². The van der Waals surface area contributed by atoms with Crippen LogP contribution in [0.25, 0.3) is 11.2 Å². The van der Waals surface area contributed by atoms with Crippen LogP contribution in [-0.2, 0) is 16.1 Å². The Balaban J connectivity index is 1.19. The molecule has 236 valence electrons. The lowest BCUT2D eigenvalue weighted by molar-refractivity contribution is -0.149. The second-order valence-corrected chi connectivity index (χ2v) is 10.7. The van der Waals surface area contributed by atoms with Crippen LogP contribution in [0, 0.1) is 11.8 Å². The van der Waals surface area contributed by atoms with E-state index in [4.69, 9.17) is 17.0 Å². The van der Waals surface area contributed by atoms with Crippen molar-refractivity contribution in [1.82, 2.24) is 29.7 Å². The Morgan fingerprint density at radius 3 is 2.83 bits per heavy atom. The second kappa shape index (κ2) is 15.0. The van der Waals surface area contributed by atoms with Gasteiger partial charge in [0.15, 0.2) is 34.5 Å². The van der Waals surface area contributed by atoms with Gasteiger partial charge in [-0.3, -0.25) is 9.36 Å². The minimum atomic E-state index is -1.47. The molecule has 4 aromatic rings. The number of aliphatic imine (C=N–C) groups is 1. The molecule has 14 nitrogen and oxygen atoms in total. The van der Waals surface area contributed by atoms with E-state index in [1.165, 1.54) is 24.3 Å². The van der Waals surface area contributed by atoms with Crippen molar-refractivity contribution in [3.05, 3.63) is 72.3 Å². The van der Waals surface area contributed by atoms with Crippen molar-refractivity contribution >= 4 is 69.5 Å². The van der Waals surface area contributed by atoms with Gasteiger partial charge in [0.2, 0.25) is 6.41 Å². The first-order valence-corrected chi connectivity index (χ1v) is 14.7. The fourth-order valence-electron chi connectivity index (χ4n) is 4.72. The number of isothiocyanates is 1. The number of carbonyl (C=O) groups is 1. The molecular weight excluding hydrogens is 631 g/mol. The number of rotatable bonds is 10. The van der Waals surface area contributed by atoms with Crippen LogP contribution in [0.2, 0.25) is 0 Å². The minimum Gasteiger partial charge on any atom is -0.387 e. The third kappa shape index (κ3) is 7.50. The monoisotopic (exact) mass is 659 g/mol. The number of hydrogen-bond donors (Lipinski definition) is 6. The Morgan fingerprint density at radius 1 is 1.20 bits per heavy atom. The summed E-state index contributed by atoms with van der Waals surface area (Å²) < 4.78 is 7.20. The van der Waals surface area contributed by atoms with Gasteiger partial charge in [0.05, 0.1) is 23.7 Å². The number of ether oxygens (including phenoxy) is 1. The molecule has 46 heavy (non-hydrogen) atoms. The third-order valence-electron chi connectivity index (χ3n) is 7.02. The van der Waals surface area contributed by atoms with Gasteiger partial charge in [-0.25, -0.2) is 15.0 Å². The average Bonchev–Trinajstić information content (AvgIpc) is 3.62. The summed E-state index contributed by atoms with van der Waals surface area (Å²) in [4.78, 5) is 28.9. The zero-order valence-corrected chi connectivity index (χ0v) is 25.9. The summed E-state index contributed by atoms with van der Waals surface area (Å²) in [6.07, 6.45) is -3.56. The number of hydrogen-bond acceptors (Lipinski definition) is 12. The van der Waals surface area contributed by atoms with Crippen molar-refractivity contribution < 1.29 is 24.9 Å². The van der Waals surface area contributed by atoms with E-state index in [9.17, 15) is 20.1 Å². The number of nitrogens with one attached hydrogen (secondary N) is 3. The number of imidazole rings is 1. The van der Waals surface area contributed by atoms with Crippen LogP contribution in [-0.4, -0.2) is 94.6 Å². The van der Waals surface area contributed by atoms with Crippen molar-refractivity contribution in [3.63, 3.8) is 0 Å². The topological polar surface area (TPSA) is 182 Å². The molecule has 2 aromatic heterocycles. The minimum absolute atomic E-state index is 0.331. The SMILES string of the molecule is CN(C=O)C(O)[C@H]1O[C@@H](n2cnc3c(NCc4cccc(C#CCNC(=S)Nc5cccc(N=C=S)c5)c4)ncnc32)[C@H](O)[C@@H]1O. The zero-order chi connectivity index (χ0) is 32.6. The lowest BCUT2D eigenvalue weighted by atomic mass is 10.1. The van der Waals surface area contributed by atoms with E-state index in [2.05, 4.69) is 65.1 Å². The quantitative estimate of drug-likeness (QED) is 0.0475. The first kappa shape index (κ1) is 32.5. The third-order valence-corrected chi connectivity index (χ3v) is 7.36. The molecule has 1 aliphatic rings. The molecule has 0 aliphatic carbocycles. The fourth-order valence-corrected chi connectivity index (χ4v) is 5.02. The maximum absolute atomic E-state index is 11.1. The van der Waals surface area contributed by atoms with E-state index < -0.39 is 30.8 Å². The number of aromatic nitrogens is 4. The Labute approximate surface area is 274 Å². The van der Waals surface area contributed by atoms with E-state index in [0.29, 0.717) is 47.3 Å². The van der Waals surface area contributed by atoms with Crippen molar-refractivity contribution in [3.8, 4) is 11.8 Å². The summed E-state index contributed by atoms with van der Waals surface area (Å²) in [5.41, 5.74) is 3.93. The molecule has 0 spiro atoms. The number of nitrogens with zero attached hydrogens (tertiary/aromatic N) is 6. The zero-order valence-electron chi connectivity index (χ0n) is 24.3. The Bertz CT molecular complexity index is 1840. The molecule has 1 fully saturated rings. The number of carbonyl (C=O) groups excluding carboxylic acids is 1. The Morgan fingerprint density at radius 2 is 2.02 bits per heavy atom. The standard InChI is InChI=1S/C30H29N9O5S2/c1-38(17-40)28(43)25-23(41)24(42)29(44-25)39-15-35-22-26(33-14-34-27(22)39)32-13-19-6-2-5-18(11-19)7-4-10-31-30(46)37-21-9-3-8-20(12-21)36-16-45/h2-3,5-6,8-9,11-12,14-15,17,23-25,28-29,41-43H,10,13H2,1H3,(H2,31,37,46)(H,32,33,34)/t23-,24+,25-,28?,29+/m0/s1. The summed E-state index contributed by atoms with van der Waals surface area (Å²) >= 11 is 9.99. The molecule has 16 heteroatoms. The highest BCUT2D eigenvalue weighted by Gasteiger charge is 2.48. The molecule has 5 rings (SSSR count). The van der Waals surface area contributed by atoms with Crippen molar-refractivity contribution in [1.29, 1.82) is 0 Å². The largest absolute Gasteiger partial charge is 0.387 e. The van der Waals surface area contributed by atoms with Crippen molar-refractivity contribution in [2.24, 2.45) is 4.99 Å². The summed E-state index contributed by atoms with van der Waals surface area (Å²) in [5, 5.41) is 43.6. The number of amides is 1. The smallest absolute Gasteiger partial charge is 0.211 e. The van der Waals surface area contributed by atoms with Crippen LogP contribution in [0.5, 0.6) is 0 Å². The van der Waals surface area contributed by atoms with Crippen LogP contribution in [0.1, 0.15) is 17.4 Å². The summed E-state index contributed by atoms with van der Waals surface area (Å²) in [6, 6.07) is 15.0. The molecule has 1 saturated heterocycles. The number of aliphatic hydroxyl groups excluding tert-OH is 3. The summed E-state index contributed by atoms with van der Waals surface area (Å²) in [7, 11) is 1.34. The van der Waals surface area contributed by atoms with Crippen LogP contribution in [0.15, 0.2) is 66.2 Å². The molecule has 0 radical (unpaired) electrons. The van der Waals surface area contributed by atoms with Gasteiger partial charge in [0.25, 0.3) is 0 Å². The summed E-state index contributed by atoms with van der Waals surface area (Å²) in [5.74, 6) is 6.62. The molecule has 3 heterocycles. The van der Waals surface area contributed by atoms with Gasteiger partial charge in [0, 0.05) is 24.8 Å². The number of likely N-dealkylation sites (N-methyl/N-ethyl adjacent to an activating group) is 1. The van der Waals surface area contributed by atoms with E-state index >= 15 is 0 Å². The molecule has 2 aromatic carbocycles. The van der Waals surface area contributed by atoms with E-state index in [-0.39, 0.29) is 0 Å². The van der Waals surface area contributed by atoms with E-state index in [0.717, 1.165) is 21.7 Å². The predicted molar refractivity (Wildman–Crippen MR) is 177 cm³/mol. The van der Waals surface area contributed by atoms with Gasteiger partial charge in [-0.2, -0.15) is 4.99 Å². The maximum Gasteiger partial charge on any atom is 0.211 e. The number of fused-ring (bicyclic) bond motifs is 1. The lowest BCUT2D eigenvalue weighted by Gasteiger charge is -2.26. The maximum atomic E-state index is 11.1. The van der Waals surface area contributed by atoms with Gasteiger partial charge in [-0.1, -0.05) is 30.0 Å². The lowest BCUT2D eigenvalue weighted by Crippen LogP contribution is -2.46. The predicted octanol–water partition coefficient (Wildman–Crippen LogP) is 1.54. The highest BCUT2D eigenvalue weighted by molar-refractivity contribution is 7.80. The van der Waals surface area contributed by atoms with Crippen LogP contribution in [0.4, 0.5) is 17.2 Å². The van der Waals surface area contributed by atoms with Gasteiger partial charge in [-0.15, -0.1) is 0 Å². The van der Waals surface area contributed by atoms with E-state index in [1.54, 1.807) is 6.07 Å². The normalized spacial score (nSPS) is 19.3. The van der Waals surface area contributed by atoms with Gasteiger partial charge in [-0.05, 0) is 60.3 Å². The first-order chi connectivity index (χ1) is 22.3. The molecule has 0 saturated carbocycles. The fraction of sp³-hybridized carbons (Fsp3) is 0.267. The van der Waals surface area contributed by atoms with Crippen molar-refractivity contribution in [2.45, 2.75) is 37.3 Å². The number of benzene rings is 2. The Kier molecular flexibility index (Phi) is 10.6. The average molecular weight is 660 g/mol. The number of aliphatic hydroxyl groups is 3. The highest BCUT2D eigenvalue weighted by Crippen LogP contribution is 2.34. The van der Waals surface area contributed by atoms with Crippen LogP contribution >= 0.6 is 24.4 Å². The molecule has 0 bridgehead atoms. The van der Waals surface area contributed by atoms with Gasteiger partial charge < -0.3 is 40.9 Å². The van der Waals surface area contributed by atoms with Crippen LogP contribution < -0.4 is 16.0 Å². The molecular formula is C30H29N9O5S2. The molecule has 1 aliphatic heterocycles. The molecule has 1 amide bonds. The van der Waals surface area contributed by atoms with E-state index in [1.807, 2.05) is 42.5 Å². The Hall–Kier alpha value is -4.85. The number of anilines is 2. The second-order valence-electron chi connectivity index (χ2n) is 10.1. The molecule has 5 atom stereocenters. The molecule has 6 N–H and O–H groups in total. The van der Waals surface area contributed by atoms with Gasteiger partial charge in [0.1, 0.15) is 24.6 Å². The molecule has 1 unspecified atom stereocenters. The first-order valence-electron chi connectivity index (χ1n) is 13.9. The van der Waals surface area contributed by atoms with Crippen LogP contribution in [0.3, 0.4) is 0 Å². The number of thiocarbonyl (C=S) groups is 2. The highest BCUT2D eigenvalue weighted by atomic mass is 32.1. The van der Waals surface area contributed by atoms with Gasteiger partial charge >= 0.3 is 0 Å².